The standard InChI is InChI=1S/C13H18N2O/c1-9-4-2-5-10(8-9)12-11(13(14)16)6-3-7-15-12/h2,4-5,8,11-12,15H,3,6-7H2,1H3,(H2,14,16). The first-order valence-electron chi connectivity index (χ1n) is 5.78. The summed E-state index contributed by atoms with van der Waals surface area (Å²) in [6, 6.07) is 8.36. The minimum absolute atomic E-state index is 0.0736. The van der Waals surface area contributed by atoms with Crippen LogP contribution in [0.3, 0.4) is 0 Å². The Morgan fingerprint density at radius 1 is 1.50 bits per heavy atom. The van der Waals surface area contributed by atoms with Crippen molar-refractivity contribution in [2.45, 2.75) is 25.8 Å². The zero-order valence-electron chi connectivity index (χ0n) is 9.57. The van der Waals surface area contributed by atoms with Crippen molar-refractivity contribution < 1.29 is 4.79 Å². The maximum absolute atomic E-state index is 11.4. The van der Waals surface area contributed by atoms with Gasteiger partial charge in [-0.05, 0) is 31.9 Å². The Kier molecular flexibility index (Phi) is 3.25. The van der Waals surface area contributed by atoms with E-state index in [4.69, 9.17) is 5.73 Å². The Morgan fingerprint density at radius 3 is 3.00 bits per heavy atom. The first kappa shape index (κ1) is 11.1. The highest BCUT2D eigenvalue weighted by Crippen LogP contribution is 2.29. The van der Waals surface area contributed by atoms with Crippen molar-refractivity contribution in [1.82, 2.24) is 5.32 Å². The van der Waals surface area contributed by atoms with E-state index in [9.17, 15) is 4.79 Å². The van der Waals surface area contributed by atoms with Crippen LogP contribution in [0.2, 0.25) is 0 Å². The van der Waals surface area contributed by atoms with E-state index in [1.54, 1.807) is 0 Å². The fourth-order valence-electron chi connectivity index (χ4n) is 2.41. The molecule has 0 radical (unpaired) electrons. The fraction of sp³-hybridized carbons (Fsp3) is 0.462. The molecule has 1 aromatic rings. The Hall–Kier alpha value is -1.35. The van der Waals surface area contributed by atoms with Crippen LogP contribution >= 0.6 is 0 Å². The molecule has 1 aliphatic heterocycles. The van der Waals surface area contributed by atoms with Crippen LogP contribution in [-0.4, -0.2) is 12.5 Å². The number of benzene rings is 1. The van der Waals surface area contributed by atoms with E-state index in [2.05, 4.69) is 30.4 Å². The summed E-state index contributed by atoms with van der Waals surface area (Å²) in [5.41, 5.74) is 7.84. The molecule has 0 aromatic heterocycles. The summed E-state index contributed by atoms with van der Waals surface area (Å²) in [6.45, 7) is 3.02. The summed E-state index contributed by atoms with van der Waals surface area (Å²) >= 11 is 0. The van der Waals surface area contributed by atoms with Gasteiger partial charge in [-0.2, -0.15) is 0 Å². The highest BCUT2D eigenvalue weighted by Gasteiger charge is 2.30. The molecule has 1 saturated heterocycles. The number of nitrogens with two attached hydrogens (primary N) is 1. The molecule has 1 aliphatic rings. The van der Waals surface area contributed by atoms with Crippen LogP contribution < -0.4 is 11.1 Å². The van der Waals surface area contributed by atoms with Gasteiger partial charge in [0.15, 0.2) is 0 Å². The monoisotopic (exact) mass is 218 g/mol. The highest BCUT2D eigenvalue weighted by atomic mass is 16.1. The number of aryl methyl sites for hydroxylation is 1. The number of rotatable bonds is 2. The van der Waals surface area contributed by atoms with E-state index in [0.717, 1.165) is 19.4 Å². The smallest absolute Gasteiger partial charge is 0.222 e. The van der Waals surface area contributed by atoms with E-state index >= 15 is 0 Å². The van der Waals surface area contributed by atoms with Gasteiger partial charge in [-0.3, -0.25) is 4.79 Å². The highest BCUT2D eigenvalue weighted by molar-refractivity contribution is 5.77. The van der Waals surface area contributed by atoms with Gasteiger partial charge in [0.1, 0.15) is 0 Å². The second-order valence-electron chi connectivity index (χ2n) is 4.50. The summed E-state index contributed by atoms with van der Waals surface area (Å²) in [4.78, 5) is 11.4. The molecule has 0 aliphatic carbocycles. The molecule has 0 spiro atoms. The summed E-state index contributed by atoms with van der Waals surface area (Å²) in [6.07, 6.45) is 1.91. The molecule has 16 heavy (non-hydrogen) atoms. The molecule has 2 atom stereocenters. The zero-order valence-corrected chi connectivity index (χ0v) is 9.57. The summed E-state index contributed by atoms with van der Waals surface area (Å²) in [5.74, 6) is -0.269. The second kappa shape index (κ2) is 4.66. The first-order chi connectivity index (χ1) is 7.68. The van der Waals surface area contributed by atoms with Crippen molar-refractivity contribution in [2.24, 2.45) is 11.7 Å². The normalized spacial score (nSPS) is 25.3. The maximum Gasteiger partial charge on any atom is 0.222 e. The first-order valence-corrected chi connectivity index (χ1v) is 5.78. The Balaban J connectivity index is 2.26. The van der Waals surface area contributed by atoms with Crippen LogP contribution in [0.4, 0.5) is 0 Å². The number of amides is 1. The number of carbonyl (C=O) groups excluding carboxylic acids is 1. The lowest BCUT2D eigenvalue weighted by molar-refractivity contribution is -0.123. The molecule has 3 N–H and O–H groups in total. The third-order valence-corrected chi connectivity index (χ3v) is 3.23. The summed E-state index contributed by atoms with van der Waals surface area (Å²) in [5, 5.41) is 3.39. The third-order valence-electron chi connectivity index (χ3n) is 3.23. The predicted molar refractivity (Wildman–Crippen MR) is 63.8 cm³/mol. The molecular weight excluding hydrogens is 200 g/mol. The van der Waals surface area contributed by atoms with Gasteiger partial charge in [-0.15, -0.1) is 0 Å². The predicted octanol–water partition coefficient (Wildman–Crippen LogP) is 1.52. The molecule has 0 saturated carbocycles. The van der Waals surface area contributed by atoms with E-state index in [0.29, 0.717) is 0 Å². The molecule has 0 bridgehead atoms. The van der Waals surface area contributed by atoms with Gasteiger partial charge in [0.25, 0.3) is 0 Å². The molecule has 2 unspecified atom stereocenters. The van der Waals surface area contributed by atoms with Gasteiger partial charge in [-0.25, -0.2) is 0 Å². The average Bonchev–Trinajstić information content (AvgIpc) is 2.29. The minimum Gasteiger partial charge on any atom is -0.369 e. The van der Waals surface area contributed by atoms with Crippen LogP contribution in [-0.2, 0) is 4.79 Å². The second-order valence-corrected chi connectivity index (χ2v) is 4.50. The van der Waals surface area contributed by atoms with Crippen LogP contribution in [0, 0.1) is 12.8 Å². The van der Waals surface area contributed by atoms with Crippen LogP contribution in [0.1, 0.15) is 30.0 Å². The molecule has 1 heterocycles. The van der Waals surface area contributed by atoms with Crippen LogP contribution in [0.25, 0.3) is 0 Å². The van der Waals surface area contributed by atoms with Gasteiger partial charge in [-0.1, -0.05) is 29.8 Å². The fourth-order valence-corrected chi connectivity index (χ4v) is 2.41. The van der Waals surface area contributed by atoms with E-state index in [1.165, 1.54) is 11.1 Å². The topological polar surface area (TPSA) is 55.1 Å². The summed E-state index contributed by atoms with van der Waals surface area (Å²) in [7, 11) is 0. The van der Waals surface area contributed by atoms with Crippen molar-refractivity contribution in [1.29, 1.82) is 0 Å². The molecule has 1 amide bonds. The van der Waals surface area contributed by atoms with Gasteiger partial charge in [0, 0.05) is 6.04 Å². The Bertz CT molecular complexity index is 389. The summed E-state index contributed by atoms with van der Waals surface area (Å²) < 4.78 is 0. The van der Waals surface area contributed by atoms with E-state index in [-0.39, 0.29) is 17.9 Å². The lowest BCUT2D eigenvalue weighted by Gasteiger charge is -2.31. The largest absolute Gasteiger partial charge is 0.369 e. The molecule has 2 rings (SSSR count). The number of hydrogen-bond donors (Lipinski definition) is 2. The van der Waals surface area contributed by atoms with E-state index in [1.807, 2.05) is 6.07 Å². The van der Waals surface area contributed by atoms with Gasteiger partial charge in [0.05, 0.1) is 5.92 Å². The van der Waals surface area contributed by atoms with Gasteiger partial charge >= 0.3 is 0 Å². The number of piperidine rings is 1. The number of hydrogen-bond acceptors (Lipinski definition) is 2. The Labute approximate surface area is 96.0 Å². The lowest BCUT2D eigenvalue weighted by atomic mass is 9.85. The van der Waals surface area contributed by atoms with E-state index < -0.39 is 0 Å². The Morgan fingerprint density at radius 2 is 2.31 bits per heavy atom. The van der Waals surface area contributed by atoms with Crippen LogP contribution in [0.5, 0.6) is 0 Å². The molecule has 3 heteroatoms. The molecule has 3 nitrogen and oxygen atoms in total. The lowest BCUT2D eigenvalue weighted by Crippen LogP contribution is -2.40. The molecule has 1 aromatic carbocycles. The maximum atomic E-state index is 11.4. The quantitative estimate of drug-likeness (QED) is 0.790. The van der Waals surface area contributed by atoms with Crippen LogP contribution in [0.15, 0.2) is 24.3 Å². The van der Waals surface area contributed by atoms with Crippen molar-refractivity contribution >= 4 is 5.91 Å². The molecule has 1 fully saturated rings. The number of carbonyl (C=O) groups is 1. The molecular formula is C13H18N2O. The van der Waals surface area contributed by atoms with Gasteiger partial charge < -0.3 is 11.1 Å². The number of primary amides is 1. The molecule has 86 valence electrons. The number of nitrogens with one attached hydrogen (secondary N) is 1. The zero-order chi connectivity index (χ0) is 11.5. The SMILES string of the molecule is Cc1cccc(C2NCCCC2C(N)=O)c1. The van der Waals surface area contributed by atoms with Crippen molar-refractivity contribution in [3.63, 3.8) is 0 Å². The van der Waals surface area contributed by atoms with Crippen molar-refractivity contribution in [3.8, 4) is 0 Å². The van der Waals surface area contributed by atoms with Crippen molar-refractivity contribution in [3.05, 3.63) is 35.4 Å². The average molecular weight is 218 g/mol. The van der Waals surface area contributed by atoms with Gasteiger partial charge in [0.2, 0.25) is 5.91 Å². The third kappa shape index (κ3) is 2.25. The van der Waals surface area contributed by atoms with Crippen molar-refractivity contribution in [2.75, 3.05) is 6.54 Å². The minimum atomic E-state index is -0.196.